The minimum atomic E-state index is -0.409. The summed E-state index contributed by atoms with van der Waals surface area (Å²) in [6.07, 6.45) is 3.30. The molecule has 0 radical (unpaired) electrons. The van der Waals surface area contributed by atoms with Gasteiger partial charge in [-0.15, -0.1) is 11.3 Å². The van der Waals surface area contributed by atoms with Gasteiger partial charge in [-0.3, -0.25) is 0 Å². The second kappa shape index (κ2) is 9.37. The van der Waals surface area contributed by atoms with E-state index in [0.29, 0.717) is 32.6 Å². The van der Waals surface area contributed by atoms with Crippen LogP contribution in [0.2, 0.25) is 4.47 Å². The average Bonchev–Trinajstić information content (AvgIpc) is 3.26. The number of methoxy groups -OCH3 is 1. The van der Waals surface area contributed by atoms with Crippen molar-refractivity contribution in [3.63, 3.8) is 0 Å². The lowest BCUT2D eigenvalue weighted by molar-refractivity contribution is -0.671. The van der Waals surface area contributed by atoms with Crippen molar-refractivity contribution in [3.8, 4) is 33.9 Å². The maximum atomic E-state index is 14.8. The van der Waals surface area contributed by atoms with E-state index in [4.69, 9.17) is 16.3 Å². The molecule has 3 aromatic heterocycles. The Morgan fingerprint density at radius 1 is 1.17 bits per heavy atom. The van der Waals surface area contributed by atoms with E-state index in [-0.39, 0.29) is 23.8 Å². The molecule has 182 valence electrons. The monoisotopic (exact) mass is 522 g/mol. The Kier molecular flexibility index (Phi) is 6.24. The molecule has 0 unspecified atom stereocenters. The van der Waals surface area contributed by atoms with Crippen molar-refractivity contribution < 1.29 is 18.8 Å². The Bertz CT molecular complexity index is 1700. The number of aryl methyl sites for hydroxylation is 2. The predicted octanol–water partition coefficient (Wildman–Crippen LogP) is 5.55. The molecule has 3 heterocycles. The molecule has 0 atom stereocenters. The molecule has 0 aliphatic rings. The zero-order valence-electron chi connectivity index (χ0n) is 19.8. The summed E-state index contributed by atoms with van der Waals surface area (Å²) in [7, 11) is 1.50. The van der Waals surface area contributed by atoms with Gasteiger partial charge in [0, 0.05) is 22.9 Å². The number of thiazole rings is 1. The van der Waals surface area contributed by atoms with Crippen LogP contribution in [-0.2, 0) is 6.54 Å². The second-order valence-electron chi connectivity index (χ2n) is 8.49. The van der Waals surface area contributed by atoms with Gasteiger partial charge in [0.15, 0.2) is 10.0 Å². The van der Waals surface area contributed by atoms with Crippen LogP contribution in [0.15, 0.2) is 65.7 Å². The third-order valence-corrected chi connectivity index (χ3v) is 7.14. The Morgan fingerprint density at radius 3 is 2.64 bits per heavy atom. The zero-order valence-corrected chi connectivity index (χ0v) is 21.3. The number of rotatable bonds is 5. The van der Waals surface area contributed by atoms with Crippen LogP contribution in [-0.4, -0.2) is 21.6 Å². The fraction of sp³-hybridized carbons (Fsp3) is 0.148. The summed E-state index contributed by atoms with van der Waals surface area (Å²) in [6.45, 7) is 3.93. The van der Waals surface area contributed by atoms with Crippen molar-refractivity contribution in [2.75, 3.05) is 7.11 Å². The predicted molar refractivity (Wildman–Crippen MR) is 139 cm³/mol. The lowest BCUT2D eigenvalue weighted by atomic mass is 9.98. The smallest absolute Gasteiger partial charge is 0.354 e. The van der Waals surface area contributed by atoms with Crippen molar-refractivity contribution in [1.29, 1.82) is 0 Å². The maximum Gasteiger partial charge on any atom is 0.354 e. The van der Waals surface area contributed by atoms with E-state index in [1.165, 1.54) is 28.9 Å². The summed E-state index contributed by atoms with van der Waals surface area (Å²) in [5.74, 6) is -0.180. The van der Waals surface area contributed by atoms with Gasteiger partial charge >= 0.3 is 5.56 Å². The largest absolute Gasteiger partial charge is 0.497 e. The molecule has 36 heavy (non-hydrogen) atoms. The fourth-order valence-electron chi connectivity index (χ4n) is 4.35. The summed E-state index contributed by atoms with van der Waals surface area (Å²) < 4.78 is 23.9. The van der Waals surface area contributed by atoms with Crippen molar-refractivity contribution in [2.45, 2.75) is 20.4 Å². The number of hydrogen-bond donors (Lipinski definition) is 1. The number of fused-ring (bicyclic) bond motifs is 1. The second-order valence-corrected chi connectivity index (χ2v) is 10.2. The third-order valence-electron chi connectivity index (χ3n) is 6.04. The van der Waals surface area contributed by atoms with E-state index in [1.807, 2.05) is 26.0 Å². The highest BCUT2D eigenvalue weighted by Crippen LogP contribution is 2.34. The quantitative estimate of drug-likeness (QED) is 0.307. The van der Waals surface area contributed by atoms with Crippen LogP contribution >= 0.6 is 22.9 Å². The molecule has 1 N–H and O–H groups in total. The molecule has 6 nitrogen and oxygen atoms in total. The van der Waals surface area contributed by atoms with Gasteiger partial charge in [-0.1, -0.05) is 23.7 Å². The minimum absolute atomic E-state index is 0.0707. The van der Waals surface area contributed by atoms with E-state index in [9.17, 15) is 14.3 Å². The van der Waals surface area contributed by atoms with Crippen LogP contribution in [0, 0.1) is 19.7 Å². The van der Waals surface area contributed by atoms with Crippen LogP contribution in [0.5, 0.6) is 11.6 Å². The van der Waals surface area contributed by atoms with Crippen molar-refractivity contribution in [1.82, 2.24) is 9.38 Å². The molecule has 0 aliphatic heterocycles. The highest BCUT2D eigenvalue weighted by Gasteiger charge is 2.27. The van der Waals surface area contributed by atoms with Gasteiger partial charge in [0.25, 0.3) is 11.5 Å². The van der Waals surface area contributed by atoms with Crippen LogP contribution in [0.3, 0.4) is 0 Å². The molecule has 0 amide bonds. The van der Waals surface area contributed by atoms with E-state index >= 15 is 0 Å². The molecule has 0 spiro atoms. The van der Waals surface area contributed by atoms with Crippen LogP contribution < -0.4 is 14.9 Å². The van der Waals surface area contributed by atoms with Gasteiger partial charge in [0.2, 0.25) is 0 Å². The highest BCUT2D eigenvalue weighted by atomic mass is 35.5. The van der Waals surface area contributed by atoms with E-state index in [0.717, 1.165) is 16.0 Å². The number of hydrogen-bond acceptors (Lipinski definition) is 5. The Labute approximate surface area is 215 Å². The molecule has 2 aromatic carbocycles. The van der Waals surface area contributed by atoms with Gasteiger partial charge in [-0.2, -0.15) is 8.97 Å². The topological polar surface area (TPSA) is 67.7 Å². The SMILES string of the molecule is COc1cc(-c2ccc(C)cc2F)cc(-c2c(O)[n+](Cc3cnc(Cl)s3)c3c(C)cccn3c2=O)c1. The Morgan fingerprint density at radius 2 is 1.94 bits per heavy atom. The summed E-state index contributed by atoms with van der Waals surface area (Å²) in [6, 6.07) is 13.6. The van der Waals surface area contributed by atoms with E-state index in [2.05, 4.69) is 4.98 Å². The van der Waals surface area contributed by atoms with Crippen LogP contribution in [0.25, 0.3) is 27.9 Å². The zero-order chi connectivity index (χ0) is 25.6. The number of nitrogens with zero attached hydrogens (tertiary/aromatic N) is 3. The summed E-state index contributed by atoms with van der Waals surface area (Å²) in [5, 5.41) is 11.5. The standard InChI is InChI=1S/C27H21ClFN3O3S/c1-15-6-7-21(22(29)9-15)17-10-18(12-19(11-17)35-3)23-25(33)31-8-4-5-16(2)24(31)32(26(23)34)14-20-13-30-27(28)36-20/h4-13H,14H2,1-3H3/p+1. The van der Waals surface area contributed by atoms with Gasteiger partial charge in [0.05, 0.1) is 18.2 Å². The molecule has 9 heteroatoms. The summed E-state index contributed by atoms with van der Waals surface area (Å²) >= 11 is 7.33. The maximum absolute atomic E-state index is 14.8. The first kappa shape index (κ1) is 24.0. The fourth-order valence-corrected chi connectivity index (χ4v) is 5.32. The van der Waals surface area contributed by atoms with E-state index < -0.39 is 5.56 Å². The van der Waals surface area contributed by atoms with Gasteiger partial charge in [-0.05, 0) is 61.4 Å². The lowest BCUT2D eigenvalue weighted by Crippen LogP contribution is -2.41. The normalized spacial score (nSPS) is 11.2. The lowest BCUT2D eigenvalue weighted by Gasteiger charge is -2.13. The first-order valence-electron chi connectivity index (χ1n) is 11.1. The third kappa shape index (κ3) is 4.23. The number of pyridine rings is 1. The molecule has 0 fully saturated rings. The molecule has 0 bridgehead atoms. The Balaban J connectivity index is 1.80. The Hall–Kier alpha value is -3.75. The molecule has 5 rings (SSSR count). The van der Waals surface area contributed by atoms with Crippen LogP contribution in [0.4, 0.5) is 4.39 Å². The first-order valence-corrected chi connectivity index (χ1v) is 12.3. The molecule has 0 aliphatic carbocycles. The number of ether oxygens (including phenoxy) is 1. The minimum Gasteiger partial charge on any atom is -0.497 e. The molecule has 0 saturated heterocycles. The van der Waals surface area contributed by atoms with Crippen molar-refractivity contribution >= 4 is 28.6 Å². The van der Waals surface area contributed by atoms with E-state index in [1.54, 1.807) is 47.3 Å². The van der Waals surface area contributed by atoms with Gasteiger partial charge < -0.3 is 9.84 Å². The molecular formula is C27H22ClFN3O3S+. The highest BCUT2D eigenvalue weighted by molar-refractivity contribution is 7.15. The summed E-state index contributed by atoms with van der Waals surface area (Å²) in [4.78, 5) is 18.6. The number of halogens is 2. The number of benzene rings is 2. The first-order chi connectivity index (χ1) is 17.3. The van der Waals surface area contributed by atoms with Gasteiger partial charge in [-0.25, -0.2) is 14.2 Å². The van der Waals surface area contributed by atoms with Crippen molar-refractivity contribution in [2.24, 2.45) is 0 Å². The molecular weight excluding hydrogens is 501 g/mol. The average molecular weight is 523 g/mol. The number of aromatic hydroxyl groups is 1. The van der Waals surface area contributed by atoms with Gasteiger partial charge in [0.1, 0.15) is 18.1 Å². The molecule has 5 aromatic rings. The van der Waals surface area contributed by atoms with Crippen LogP contribution in [0.1, 0.15) is 16.0 Å². The number of aromatic nitrogens is 3. The molecule has 0 saturated carbocycles. The summed E-state index contributed by atoms with van der Waals surface area (Å²) in [5.41, 5.74) is 3.10. The van der Waals surface area contributed by atoms with Crippen molar-refractivity contribution in [3.05, 3.63) is 97.6 Å².